The van der Waals surface area contributed by atoms with Gasteiger partial charge >= 0.3 is 0 Å². The first-order chi connectivity index (χ1) is 13.8. The molecule has 152 valence electrons. The predicted octanol–water partition coefficient (Wildman–Crippen LogP) is 4.81. The summed E-state index contributed by atoms with van der Waals surface area (Å²) >= 11 is 11.8. The zero-order valence-corrected chi connectivity index (χ0v) is 17.8. The third-order valence-electron chi connectivity index (χ3n) is 3.92. The maximum absolute atomic E-state index is 12.4. The Morgan fingerprint density at radius 2 is 1.66 bits per heavy atom. The highest BCUT2D eigenvalue weighted by atomic mass is 35.5. The van der Waals surface area contributed by atoms with Crippen LogP contribution in [0.3, 0.4) is 0 Å². The van der Waals surface area contributed by atoms with Gasteiger partial charge in [-0.25, -0.2) is 18.1 Å². The molecule has 1 N–H and O–H groups in total. The molecule has 0 unspecified atom stereocenters. The molecule has 2 aromatic carbocycles. The molecule has 3 aromatic rings. The van der Waals surface area contributed by atoms with Crippen molar-refractivity contribution in [2.45, 2.75) is 12.3 Å². The fraction of sp³-hybridized carbons (Fsp3) is 0.150. The highest BCUT2D eigenvalue weighted by molar-refractivity contribution is 7.88. The van der Waals surface area contributed by atoms with Crippen LogP contribution in [0.1, 0.15) is 11.1 Å². The Morgan fingerprint density at radius 1 is 0.931 bits per heavy atom. The number of hydrogen-bond donors (Lipinski definition) is 1. The highest BCUT2D eigenvalue weighted by Gasteiger charge is 2.13. The quantitative estimate of drug-likeness (QED) is 0.530. The summed E-state index contributed by atoms with van der Waals surface area (Å²) in [5, 5.41) is 0.691. The second-order valence-electron chi connectivity index (χ2n) is 6.11. The van der Waals surface area contributed by atoms with Crippen molar-refractivity contribution < 1.29 is 17.9 Å². The molecule has 0 fully saturated rings. The van der Waals surface area contributed by atoms with E-state index >= 15 is 0 Å². The molecule has 0 bridgehead atoms. The molecule has 0 spiro atoms. The van der Waals surface area contributed by atoms with Gasteiger partial charge in [-0.3, -0.25) is 0 Å². The zero-order valence-electron chi connectivity index (χ0n) is 15.4. The molecule has 6 nitrogen and oxygen atoms in total. The first kappa shape index (κ1) is 21.4. The Hall–Kier alpha value is -2.32. The number of nitrogens with one attached hydrogen (secondary N) is 1. The molecule has 0 atom stereocenters. The van der Waals surface area contributed by atoms with Gasteiger partial charge < -0.3 is 9.47 Å². The molecule has 0 saturated carbocycles. The summed E-state index contributed by atoms with van der Waals surface area (Å²) in [6, 6.07) is 15.2. The Labute approximate surface area is 179 Å². The Kier molecular flexibility index (Phi) is 6.97. The number of aromatic nitrogens is 1. The monoisotopic (exact) mass is 452 g/mol. The van der Waals surface area contributed by atoms with Crippen LogP contribution >= 0.6 is 23.2 Å². The average Bonchev–Trinajstić information content (AvgIpc) is 2.70. The maximum Gasteiger partial charge on any atom is 0.219 e. The lowest BCUT2D eigenvalue weighted by Crippen LogP contribution is -2.24. The van der Waals surface area contributed by atoms with Gasteiger partial charge in [0.15, 0.2) is 0 Å². The van der Waals surface area contributed by atoms with Gasteiger partial charge in [-0.15, -0.1) is 0 Å². The number of rotatable bonds is 8. The molecule has 29 heavy (non-hydrogen) atoms. The smallest absolute Gasteiger partial charge is 0.219 e. The van der Waals surface area contributed by atoms with Crippen molar-refractivity contribution in [1.82, 2.24) is 9.71 Å². The average molecular weight is 453 g/mol. The number of ether oxygens (including phenoxy) is 2. The van der Waals surface area contributed by atoms with Crippen LogP contribution in [-0.4, -0.2) is 20.5 Å². The van der Waals surface area contributed by atoms with Gasteiger partial charge in [0.1, 0.15) is 11.5 Å². The Morgan fingerprint density at radius 3 is 2.34 bits per heavy atom. The van der Waals surface area contributed by atoms with E-state index in [0.717, 1.165) is 5.75 Å². The lowest BCUT2D eigenvalue weighted by atomic mass is 10.2. The zero-order chi connectivity index (χ0) is 20.9. The third kappa shape index (κ3) is 6.33. The van der Waals surface area contributed by atoms with E-state index in [-0.39, 0.29) is 12.3 Å². The third-order valence-corrected chi connectivity index (χ3v) is 5.95. The summed E-state index contributed by atoms with van der Waals surface area (Å²) in [5.74, 6) is 1.46. The fourth-order valence-electron chi connectivity index (χ4n) is 2.47. The van der Waals surface area contributed by atoms with Gasteiger partial charge in [0.25, 0.3) is 0 Å². The van der Waals surface area contributed by atoms with Crippen LogP contribution in [0.25, 0.3) is 0 Å². The lowest BCUT2D eigenvalue weighted by molar-refractivity contribution is 0.412. The molecule has 0 aliphatic carbocycles. The first-order valence-electron chi connectivity index (χ1n) is 8.53. The van der Waals surface area contributed by atoms with E-state index in [1.165, 1.54) is 6.07 Å². The van der Waals surface area contributed by atoms with Crippen molar-refractivity contribution >= 4 is 33.2 Å². The molecule has 1 aromatic heterocycles. The minimum Gasteiger partial charge on any atom is -0.497 e. The summed E-state index contributed by atoms with van der Waals surface area (Å²) < 4.78 is 38.1. The lowest BCUT2D eigenvalue weighted by Gasteiger charge is -2.09. The standard InChI is InChI=1S/C20H18Cl2N2O4S/c1-27-16-3-5-17(6-4-16)28-20-11-14(8-9-23-20)12-24-29(25,26)13-15-2-7-18(21)19(22)10-15/h2-11,24H,12-13H2,1H3. The number of hydrogen-bond acceptors (Lipinski definition) is 5. The van der Waals surface area contributed by atoms with Crippen LogP contribution in [-0.2, 0) is 22.3 Å². The van der Waals surface area contributed by atoms with Gasteiger partial charge in [-0.1, -0.05) is 29.3 Å². The molecule has 9 heteroatoms. The van der Waals surface area contributed by atoms with Gasteiger partial charge in [0.2, 0.25) is 15.9 Å². The number of pyridine rings is 1. The normalized spacial score (nSPS) is 11.3. The van der Waals surface area contributed by atoms with Crippen molar-refractivity contribution in [1.29, 1.82) is 0 Å². The molecule has 0 radical (unpaired) electrons. The maximum atomic E-state index is 12.4. The van der Waals surface area contributed by atoms with E-state index in [2.05, 4.69) is 9.71 Å². The molecular weight excluding hydrogens is 435 g/mol. The van der Waals surface area contributed by atoms with Gasteiger partial charge in [0, 0.05) is 18.8 Å². The SMILES string of the molecule is COc1ccc(Oc2cc(CNS(=O)(=O)Cc3ccc(Cl)c(Cl)c3)ccn2)cc1. The minimum atomic E-state index is -3.57. The van der Waals surface area contributed by atoms with Gasteiger partial charge in [-0.2, -0.15) is 0 Å². The second-order valence-corrected chi connectivity index (χ2v) is 8.73. The fourth-order valence-corrected chi connectivity index (χ4v) is 3.90. The second kappa shape index (κ2) is 9.45. The highest BCUT2D eigenvalue weighted by Crippen LogP contribution is 2.24. The minimum absolute atomic E-state index is 0.102. The van der Waals surface area contributed by atoms with Crippen LogP contribution < -0.4 is 14.2 Å². The van der Waals surface area contributed by atoms with Crippen LogP contribution in [0.15, 0.2) is 60.8 Å². The summed E-state index contributed by atoms with van der Waals surface area (Å²) in [5.41, 5.74) is 1.26. The van der Waals surface area contributed by atoms with E-state index in [9.17, 15) is 8.42 Å². The molecule has 0 aliphatic rings. The molecule has 0 amide bonds. The van der Waals surface area contributed by atoms with E-state index in [4.69, 9.17) is 32.7 Å². The van der Waals surface area contributed by atoms with E-state index < -0.39 is 10.0 Å². The molecule has 1 heterocycles. The topological polar surface area (TPSA) is 77.5 Å². The molecule has 0 saturated heterocycles. The number of sulfonamides is 1. The van der Waals surface area contributed by atoms with Crippen molar-refractivity contribution in [2.24, 2.45) is 0 Å². The summed E-state index contributed by atoms with van der Waals surface area (Å²) in [7, 11) is -1.98. The van der Waals surface area contributed by atoms with Crippen molar-refractivity contribution in [2.75, 3.05) is 7.11 Å². The van der Waals surface area contributed by atoms with E-state index in [0.29, 0.717) is 32.8 Å². The van der Waals surface area contributed by atoms with Crippen molar-refractivity contribution in [3.05, 3.63) is 82.0 Å². The molecular formula is C20H18Cl2N2O4S. The first-order valence-corrected chi connectivity index (χ1v) is 10.9. The summed E-state index contributed by atoms with van der Waals surface area (Å²) in [4.78, 5) is 4.15. The van der Waals surface area contributed by atoms with Crippen LogP contribution in [0.4, 0.5) is 0 Å². The number of halogens is 2. The number of methoxy groups -OCH3 is 1. The Bertz CT molecular complexity index is 1090. The van der Waals surface area contributed by atoms with Gasteiger partial charge in [0.05, 0.1) is 22.9 Å². The van der Waals surface area contributed by atoms with Crippen LogP contribution in [0.5, 0.6) is 17.4 Å². The van der Waals surface area contributed by atoms with Crippen LogP contribution in [0, 0.1) is 0 Å². The summed E-state index contributed by atoms with van der Waals surface area (Å²) in [6.45, 7) is 0.102. The Balaban J connectivity index is 1.62. The van der Waals surface area contributed by atoms with E-state index in [1.807, 2.05) is 0 Å². The molecule has 0 aliphatic heterocycles. The number of benzene rings is 2. The largest absolute Gasteiger partial charge is 0.497 e. The van der Waals surface area contributed by atoms with Crippen LogP contribution in [0.2, 0.25) is 10.0 Å². The van der Waals surface area contributed by atoms with Gasteiger partial charge in [-0.05, 0) is 53.6 Å². The van der Waals surface area contributed by atoms with Crippen molar-refractivity contribution in [3.8, 4) is 17.4 Å². The van der Waals surface area contributed by atoms with E-state index in [1.54, 1.807) is 61.8 Å². The molecule has 3 rings (SSSR count). The predicted molar refractivity (Wildman–Crippen MR) is 113 cm³/mol. The number of nitrogens with zero attached hydrogens (tertiary/aromatic N) is 1. The van der Waals surface area contributed by atoms with Crippen molar-refractivity contribution in [3.63, 3.8) is 0 Å². The summed E-state index contributed by atoms with van der Waals surface area (Å²) in [6.07, 6.45) is 1.56.